The summed E-state index contributed by atoms with van der Waals surface area (Å²) in [5.41, 5.74) is 3.30. The van der Waals surface area contributed by atoms with Gasteiger partial charge in [0.2, 0.25) is 0 Å². The van der Waals surface area contributed by atoms with Crippen LogP contribution in [-0.4, -0.2) is 81.0 Å². The van der Waals surface area contributed by atoms with Crippen LogP contribution in [0.25, 0.3) is 0 Å². The molecule has 174 valence electrons. The Kier molecular flexibility index (Phi) is 6.50. The third-order valence-corrected chi connectivity index (χ3v) is 6.94. The lowest BCUT2D eigenvalue weighted by atomic mass is 9.98. The van der Waals surface area contributed by atoms with Crippen molar-refractivity contribution in [2.24, 2.45) is 5.92 Å². The molecule has 2 saturated heterocycles. The zero-order chi connectivity index (χ0) is 22.6. The summed E-state index contributed by atoms with van der Waals surface area (Å²) in [6.07, 6.45) is 9.35. The van der Waals surface area contributed by atoms with Crippen molar-refractivity contribution < 1.29 is 5.11 Å². The Labute approximate surface area is 194 Å². The summed E-state index contributed by atoms with van der Waals surface area (Å²) in [5, 5.41) is 16.8. The van der Waals surface area contributed by atoms with Crippen LogP contribution in [0.1, 0.15) is 35.8 Å². The number of H-pyrrole nitrogens is 1. The lowest BCUT2D eigenvalue weighted by molar-refractivity contribution is 0.202. The zero-order valence-electron chi connectivity index (χ0n) is 19.1. The summed E-state index contributed by atoms with van der Waals surface area (Å²) in [4.78, 5) is 21.3. The molecule has 0 radical (unpaired) electrons. The maximum absolute atomic E-state index is 9.47. The van der Waals surface area contributed by atoms with Crippen molar-refractivity contribution in [3.8, 4) is 0 Å². The van der Waals surface area contributed by atoms with Crippen LogP contribution in [0.15, 0.2) is 43.0 Å². The van der Waals surface area contributed by atoms with Crippen LogP contribution in [0.4, 0.5) is 11.6 Å². The Morgan fingerprint density at radius 2 is 1.64 bits per heavy atom. The molecule has 5 rings (SSSR count). The van der Waals surface area contributed by atoms with E-state index in [0.717, 1.165) is 75.1 Å². The van der Waals surface area contributed by atoms with E-state index in [0.29, 0.717) is 5.92 Å². The average Bonchev–Trinajstić information content (AvgIpc) is 3.30. The number of pyridine rings is 1. The number of rotatable bonds is 6. The van der Waals surface area contributed by atoms with E-state index in [2.05, 4.69) is 42.9 Å². The Morgan fingerprint density at radius 3 is 2.21 bits per heavy atom. The molecule has 3 aromatic rings. The standard InChI is InChI=1S/C24H32N8O/c1-18-20(16-28-29-18)22(21-4-2-3-7-25-21)30-12-14-32(15-13-30)24-23(26-8-9-27-24)31-10-5-19(17-33)6-11-31/h2-4,7-9,16,19,22,33H,5-6,10-15,17H2,1H3,(H,28,29). The molecule has 2 N–H and O–H groups in total. The number of aliphatic hydroxyl groups is 1. The number of aromatic amines is 1. The smallest absolute Gasteiger partial charge is 0.172 e. The Bertz CT molecular complexity index is 1030. The fourth-order valence-corrected chi connectivity index (χ4v) is 5.01. The summed E-state index contributed by atoms with van der Waals surface area (Å²) >= 11 is 0. The van der Waals surface area contributed by atoms with Crippen LogP contribution < -0.4 is 9.80 Å². The van der Waals surface area contributed by atoms with Crippen LogP contribution in [0.5, 0.6) is 0 Å². The molecule has 0 aliphatic carbocycles. The highest BCUT2D eigenvalue weighted by molar-refractivity contribution is 5.62. The highest BCUT2D eigenvalue weighted by Gasteiger charge is 2.31. The lowest BCUT2D eigenvalue weighted by Crippen LogP contribution is -2.49. The molecule has 2 fully saturated rings. The van der Waals surface area contributed by atoms with E-state index in [1.807, 2.05) is 24.5 Å². The Morgan fingerprint density at radius 1 is 0.939 bits per heavy atom. The summed E-state index contributed by atoms with van der Waals surface area (Å²) in [6.45, 7) is 7.72. The number of aliphatic hydroxyl groups excluding tert-OH is 1. The van der Waals surface area contributed by atoms with E-state index in [9.17, 15) is 5.11 Å². The van der Waals surface area contributed by atoms with Crippen molar-refractivity contribution in [1.29, 1.82) is 0 Å². The van der Waals surface area contributed by atoms with Gasteiger partial charge in [-0.15, -0.1) is 0 Å². The predicted molar refractivity (Wildman–Crippen MR) is 127 cm³/mol. The van der Waals surface area contributed by atoms with Crippen molar-refractivity contribution in [3.63, 3.8) is 0 Å². The molecule has 0 aromatic carbocycles. The fourth-order valence-electron chi connectivity index (χ4n) is 5.01. The van der Waals surface area contributed by atoms with Gasteiger partial charge in [-0.3, -0.25) is 15.0 Å². The molecule has 0 saturated carbocycles. The Balaban J connectivity index is 1.33. The molecule has 0 bridgehead atoms. The minimum absolute atomic E-state index is 0.0749. The van der Waals surface area contributed by atoms with Crippen molar-refractivity contribution >= 4 is 11.6 Å². The van der Waals surface area contributed by atoms with E-state index < -0.39 is 0 Å². The largest absolute Gasteiger partial charge is 0.396 e. The highest BCUT2D eigenvalue weighted by atomic mass is 16.3. The number of aryl methyl sites for hydroxylation is 1. The van der Waals surface area contributed by atoms with Gasteiger partial charge in [-0.2, -0.15) is 5.10 Å². The first-order valence-corrected chi connectivity index (χ1v) is 11.8. The molecular weight excluding hydrogens is 416 g/mol. The van der Waals surface area contributed by atoms with Gasteiger partial charge in [0, 0.05) is 75.7 Å². The van der Waals surface area contributed by atoms with Crippen LogP contribution in [0.2, 0.25) is 0 Å². The molecular formula is C24H32N8O. The molecule has 9 nitrogen and oxygen atoms in total. The number of anilines is 2. The van der Waals surface area contributed by atoms with Gasteiger partial charge in [-0.25, -0.2) is 9.97 Å². The maximum Gasteiger partial charge on any atom is 0.172 e. The van der Waals surface area contributed by atoms with E-state index in [1.54, 1.807) is 12.4 Å². The normalized spacial score (nSPS) is 19.1. The van der Waals surface area contributed by atoms with Crippen molar-refractivity contribution in [3.05, 3.63) is 59.9 Å². The van der Waals surface area contributed by atoms with Gasteiger partial charge in [-0.05, 0) is 37.8 Å². The fraction of sp³-hybridized carbons (Fsp3) is 0.500. The molecule has 33 heavy (non-hydrogen) atoms. The number of nitrogens with one attached hydrogen (secondary N) is 1. The molecule has 5 heterocycles. The first kappa shape index (κ1) is 21.8. The van der Waals surface area contributed by atoms with E-state index >= 15 is 0 Å². The van der Waals surface area contributed by atoms with Crippen LogP contribution in [0, 0.1) is 12.8 Å². The summed E-state index contributed by atoms with van der Waals surface area (Å²) < 4.78 is 0. The van der Waals surface area contributed by atoms with Gasteiger partial charge >= 0.3 is 0 Å². The lowest BCUT2D eigenvalue weighted by Gasteiger charge is -2.41. The molecule has 2 aliphatic heterocycles. The third kappa shape index (κ3) is 4.56. The highest BCUT2D eigenvalue weighted by Crippen LogP contribution is 2.32. The van der Waals surface area contributed by atoms with Crippen molar-refractivity contribution in [2.45, 2.75) is 25.8 Å². The van der Waals surface area contributed by atoms with Gasteiger partial charge in [0.05, 0.1) is 17.9 Å². The minimum Gasteiger partial charge on any atom is -0.396 e. The van der Waals surface area contributed by atoms with E-state index in [1.165, 1.54) is 5.56 Å². The van der Waals surface area contributed by atoms with Crippen LogP contribution >= 0.6 is 0 Å². The second-order valence-electron chi connectivity index (χ2n) is 8.95. The van der Waals surface area contributed by atoms with Gasteiger partial charge in [0.15, 0.2) is 11.6 Å². The first-order valence-electron chi connectivity index (χ1n) is 11.8. The van der Waals surface area contributed by atoms with Crippen molar-refractivity contribution in [2.75, 3.05) is 55.7 Å². The molecule has 1 unspecified atom stereocenters. The predicted octanol–water partition coefficient (Wildman–Crippen LogP) is 2.02. The Hall–Kier alpha value is -3.04. The van der Waals surface area contributed by atoms with E-state index in [-0.39, 0.29) is 12.6 Å². The van der Waals surface area contributed by atoms with Gasteiger partial charge < -0.3 is 14.9 Å². The second kappa shape index (κ2) is 9.84. The topological polar surface area (TPSA) is 97.3 Å². The van der Waals surface area contributed by atoms with E-state index in [4.69, 9.17) is 9.97 Å². The number of hydrogen-bond acceptors (Lipinski definition) is 8. The molecule has 1 atom stereocenters. The molecule has 0 spiro atoms. The van der Waals surface area contributed by atoms with Gasteiger partial charge in [0.1, 0.15) is 0 Å². The third-order valence-electron chi connectivity index (χ3n) is 6.94. The van der Waals surface area contributed by atoms with Gasteiger partial charge in [0.25, 0.3) is 0 Å². The minimum atomic E-state index is 0.0749. The monoisotopic (exact) mass is 448 g/mol. The van der Waals surface area contributed by atoms with Crippen LogP contribution in [-0.2, 0) is 0 Å². The molecule has 2 aliphatic rings. The number of aromatic nitrogens is 5. The quantitative estimate of drug-likeness (QED) is 0.591. The zero-order valence-corrected chi connectivity index (χ0v) is 19.1. The molecule has 3 aromatic heterocycles. The maximum atomic E-state index is 9.47. The van der Waals surface area contributed by atoms with Crippen LogP contribution in [0.3, 0.4) is 0 Å². The summed E-state index contributed by atoms with van der Waals surface area (Å²) in [5.74, 6) is 2.34. The number of piperidine rings is 1. The average molecular weight is 449 g/mol. The number of nitrogens with zero attached hydrogens (tertiary/aromatic N) is 7. The molecule has 0 amide bonds. The molecule has 9 heteroatoms. The van der Waals surface area contributed by atoms with Gasteiger partial charge in [-0.1, -0.05) is 6.07 Å². The summed E-state index contributed by atoms with van der Waals surface area (Å²) in [6, 6.07) is 6.18. The number of hydrogen-bond donors (Lipinski definition) is 2. The second-order valence-corrected chi connectivity index (χ2v) is 8.95. The summed E-state index contributed by atoms with van der Waals surface area (Å²) in [7, 11) is 0. The SMILES string of the molecule is Cc1[nH]ncc1C(c1ccccn1)N1CCN(c2nccnc2N2CCC(CO)CC2)CC1. The first-order chi connectivity index (χ1) is 16.2. The number of piperazine rings is 1. The van der Waals surface area contributed by atoms with Crippen molar-refractivity contribution in [1.82, 2.24) is 30.0 Å².